The molecule has 5 heteroatoms. The van der Waals surface area contributed by atoms with Gasteiger partial charge in [-0.3, -0.25) is 4.68 Å². The van der Waals surface area contributed by atoms with Gasteiger partial charge in [0.1, 0.15) is 0 Å². The monoisotopic (exact) mass is 238 g/mol. The fraction of sp³-hybridized carbons (Fsp3) is 0.833. The van der Waals surface area contributed by atoms with E-state index in [2.05, 4.69) is 15.6 Å². The van der Waals surface area contributed by atoms with Crippen LogP contribution in [0.3, 0.4) is 0 Å². The van der Waals surface area contributed by atoms with E-state index in [4.69, 9.17) is 5.11 Å². The summed E-state index contributed by atoms with van der Waals surface area (Å²) in [7, 11) is 0. The number of aryl methyl sites for hydroxylation is 1. The molecule has 1 aromatic rings. The standard InChI is InChI=1S/C12H22N4O/c17-7-3-1-2-6-16-10-12(14-15-16)9-13-8-11-4-5-11/h10-11,13,17H,1-9H2. The second-order valence-electron chi connectivity index (χ2n) is 4.83. The maximum absolute atomic E-state index is 8.67. The minimum atomic E-state index is 0.285. The number of rotatable bonds is 9. The highest BCUT2D eigenvalue weighted by Gasteiger charge is 2.20. The average Bonchev–Trinajstić information content (AvgIpc) is 3.04. The highest BCUT2D eigenvalue weighted by molar-refractivity contribution is 4.92. The van der Waals surface area contributed by atoms with Gasteiger partial charge in [-0.1, -0.05) is 5.21 Å². The van der Waals surface area contributed by atoms with Crippen molar-refractivity contribution in [3.63, 3.8) is 0 Å². The minimum absolute atomic E-state index is 0.285. The Morgan fingerprint density at radius 3 is 3.00 bits per heavy atom. The number of nitrogens with zero attached hydrogens (tertiary/aromatic N) is 3. The van der Waals surface area contributed by atoms with E-state index in [1.165, 1.54) is 12.8 Å². The molecular weight excluding hydrogens is 216 g/mol. The average molecular weight is 238 g/mol. The molecule has 5 nitrogen and oxygen atoms in total. The molecule has 0 radical (unpaired) electrons. The van der Waals surface area contributed by atoms with Gasteiger partial charge in [0, 0.05) is 25.9 Å². The second kappa shape index (κ2) is 6.71. The fourth-order valence-corrected chi connectivity index (χ4v) is 1.82. The highest BCUT2D eigenvalue weighted by atomic mass is 16.2. The van der Waals surface area contributed by atoms with Gasteiger partial charge in [0.25, 0.3) is 0 Å². The Morgan fingerprint density at radius 2 is 2.24 bits per heavy atom. The van der Waals surface area contributed by atoms with Crippen LogP contribution in [0.5, 0.6) is 0 Å². The van der Waals surface area contributed by atoms with Crippen LogP contribution in [0.25, 0.3) is 0 Å². The summed E-state index contributed by atoms with van der Waals surface area (Å²) in [5.41, 5.74) is 1.02. The SMILES string of the molecule is OCCCCCn1cc(CNCC2CC2)nn1. The van der Waals surface area contributed by atoms with Crippen LogP contribution >= 0.6 is 0 Å². The largest absolute Gasteiger partial charge is 0.396 e. The Bertz CT molecular complexity index is 322. The Morgan fingerprint density at radius 1 is 1.35 bits per heavy atom. The molecule has 2 N–H and O–H groups in total. The van der Waals surface area contributed by atoms with Gasteiger partial charge >= 0.3 is 0 Å². The summed E-state index contributed by atoms with van der Waals surface area (Å²) in [6.07, 6.45) is 7.75. The third-order valence-electron chi connectivity index (χ3n) is 3.07. The van der Waals surface area contributed by atoms with Crippen LogP contribution in [-0.2, 0) is 13.1 Å². The summed E-state index contributed by atoms with van der Waals surface area (Å²) < 4.78 is 1.89. The lowest BCUT2D eigenvalue weighted by atomic mass is 10.2. The van der Waals surface area contributed by atoms with Crippen LogP contribution < -0.4 is 5.32 Å². The summed E-state index contributed by atoms with van der Waals surface area (Å²) in [6.45, 7) is 3.12. The summed E-state index contributed by atoms with van der Waals surface area (Å²) >= 11 is 0. The molecule has 1 aromatic heterocycles. The molecule has 0 aliphatic heterocycles. The van der Waals surface area contributed by atoms with Crippen LogP contribution in [0.1, 0.15) is 37.8 Å². The predicted octanol–water partition coefficient (Wildman–Crippen LogP) is 0.940. The molecule has 0 unspecified atom stereocenters. The van der Waals surface area contributed by atoms with Crippen LogP contribution in [0.4, 0.5) is 0 Å². The number of aliphatic hydroxyl groups excluding tert-OH is 1. The number of hydrogen-bond acceptors (Lipinski definition) is 4. The van der Waals surface area contributed by atoms with Gasteiger partial charge < -0.3 is 10.4 Å². The first-order valence-electron chi connectivity index (χ1n) is 6.59. The van der Waals surface area contributed by atoms with Crippen molar-refractivity contribution in [2.75, 3.05) is 13.2 Å². The van der Waals surface area contributed by atoms with E-state index in [-0.39, 0.29) is 6.61 Å². The van der Waals surface area contributed by atoms with Crippen molar-refractivity contribution < 1.29 is 5.11 Å². The molecule has 0 spiro atoms. The van der Waals surface area contributed by atoms with Gasteiger partial charge in [0.15, 0.2) is 0 Å². The zero-order valence-corrected chi connectivity index (χ0v) is 10.3. The molecule has 1 heterocycles. The Labute approximate surface area is 102 Å². The van der Waals surface area contributed by atoms with Gasteiger partial charge in [-0.05, 0) is 44.6 Å². The molecule has 2 rings (SSSR count). The Balaban J connectivity index is 1.60. The number of unbranched alkanes of at least 4 members (excludes halogenated alkanes) is 2. The molecule has 0 aromatic carbocycles. The molecule has 1 aliphatic rings. The quantitative estimate of drug-likeness (QED) is 0.629. The van der Waals surface area contributed by atoms with Crippen LogP contribution in [-0.4, -0.2) is 33.3 Å². The van der Waals surface area contributed by atoms with Gasteiger partial charge in [0.05, 0.1) is 5.69 Å². The lowest BCUT2D eigenvalue weighted by Crippen LogP contribution is -2.16. The summed E-state index contributed by atoms with van der Waals surface area (Å²) in [4.78, 5) is 0. The topological polar surface area (TPSA) is 63.0 Å². The van der Waals surface area contributed by atoms with Crippen LogP contribution in [0.15, 0.2) is 6.20 Å². The number of aromatic nitrogens is 3. The third-order valence-corrected chi connectivity index (χ3v) is 3.07. The van der Waals surface area contributed by atoms with Crippen molar-refractivity contribution in [2.45, 2.75) is 45.2 Å². The van der Waals surface area contributed by atoms with Crippen molar-refractivity contribution in [1.29, 1.82) is 0 Å². The van der Waals surface area contributed by atoms with Crippen LogP contribution in [0.2, 0.25) is 0 Å². The Hall–Kier alpha value is -0.940. The van der Waals surface area contributed by atoms with E-state index in [9.17, 15) is 0 Å². The third kappa shape index (κ3) is 4.83. The van der Waals surface area contributed by atoms with Gasteiger partial charge in [-0.25, -0.2) is 0 Å². The molecule has 0 atom stereocenters. The van der Waals surface area contributed by atoms with E-state index < -0.39 is 0 Å². The zero-order valence-electron chi connectivity index (χ0n) is 10.3. The lowest BCUT2D eigenvalue weighted by Gasteiger charge is -1.99. The first kappa shape index (κ1) is 12.5. The van der Waals surface area contributed by atoms with E-state index >= 15 is 0 Å². The first-order valence-corrected chi connectivity index (χ1v) is 6.59. The lowest BCUT2D eigenvalue weighted by molar-refractivity contribution is 0.281. The van der Waals surface area contributed by atoms with E-state index in [0.717, 1.165) is 50.5 Å². The van der Waals surface area contributed by atoms with Gasteiger partial charge in [0.2, 0.25) is 0 Å². The van der Waals surface area contributed by atoms with Crippen molar-refractivity contribution in [3.05, 3.63) is 11.9 Å². The minimum Gasteiger partial charge on any atom is -0.396 e. The van der Waals surface area contributed by atoms with Crippen LogP contribution in [0, 0.1) is 5.92 Å². The fourth-order valence-electron chi connectivity index (χ4n) is 1.82. The smallest absolute Gasteiger partial charge is 0.0964 e. The maximum atomic E-state index is 8.67. The highest BCUT2D eigenvalue weighted by Crippen LogP contribution is 2.27. The summed E-state index contributed by atoms with van der Waals surface area (Å²) in [5, 5.41) is 20.3. The molecule has 96 valence electrons. The predicted molar refractivity (Wildman–Crippen MR) is 65.4 cm³/mol. The second-order valence-corrected chi connectivity index (χ2v) is 4.83. The molecular formula is C12H22N4O. The molecule has 0 saturated heterocycles. The summed E-state index contributed by atoms with van der Waals surface area (Å²) in [6, 6.07) is 0. The maximum Gasteiger partial charge on any atom is 0.0964 e. The van der Waals surface area contributed by atoms with Crippen molar-refractivity contribution in [2.24, 2.45) is 5.92 Å². The number of aliphatic hydroxyl groups is 1. The van der Waals surface area contributed by atoms with Crippen molar-refractivity contribution in [1.82, 2.24) is 20.3 Å². The van der Waals surface area contributed by atoms with Crippen molar-refractivity contribution in [3.8, 4) is 0 Å². The van der Waals surface area contributed by atoms with Crippen molar-refractivity contribution >= 4 is 0 Å². The molecule has 0 amide bonds. The normalized spacial score (nSPS) is 15.4. The van der Waals surface area contributed by atoms with Gasteiger partial charge in [-0.2, -0.15) is 0 Å². The van der Waals surface area contributed by atoms with E-state index in [1.54, 1.807) is 0 Å². The number of nitrogens with one attached hydrogen (secondary N) is 1. The number of hydrogen-bond donors (Lipinski definition) is 2. The molecule has 0 bridgehead atoms. The first-order chi connectivity index (χ1) is 8.38. The van der Waals surface area contributed by atoms with E-state index in [0.29, 0.717) is 0 Å². The summed E-state index contributed by atoms with van der Waals surface area (Å²) in [5.74, 6) is 0.906. The molecule has 17 heavy (non-hydrogen) atoms. The zero-order chi connectivity index (χ0) is 11.9. The Kier molecular flexibility index (Phi) is 4.94. The van der Waals surface area contributed by atoms with E-state index in [1.807, 2.05) is 10.9 Å². The molecule has 1 fully saturated rings. The molecule has 1 saturated carbocycles. The molecule has 1 aliphatic carbocycles. The van der Waals surface area contributed by atoms with Gasteiger partial charge in [-0.15, -0.1) is 5.10 Å².